The summed E-state index contributed by atoms with van der Waals surface area (Å²) in [6.07, 6.45) is 0.877. The van der Waals surface area contributed by atoms with Gasteiger partial charge in [-0.05, 0) is 6.92 Å². The van der Waals surface area contributed by atoms with Gasteiger partial charge in [-0.1, -0.05) is 6.58 Å². The van der Waals surface area contributed by atoms with Crippen LogP contribution in [0.3, 0.4) is 0 Å². The fraction of sp³-hybridized carbons (Fsp3) is 0.500. The van der Waals surface area contributed by atoms with Crippen molar-refractivity contribution >= 4 is 11.8 Å². The van der Waals surface area contributed by atoms with E-state index in [1.807, 2.05) is 6.92 Å². The molecule has 6 nitrogen and oxygen atoms in total. The first-order valence-corrected chi connectivity index (χ1v) is 5.47. The summed E-state index contributed by atoms with van der Waals surface area (Å²) in [5.74, 6) is -1.28. The maximum absolute atomic E-state index is 11.6. The Hall–Kier alpha value is -1.98. The Balaban J connectivity index is 4.52. The van der Waals surface area contributed by atoms with E-state index in [1.165, 1.54) is 30.9 Å². The average molecular weight is 256 g/mol. The van der Waals surface area contributed by atoms with E-state index in [1.54, 1.807) is 0 Å². The number of amides is 2. The molecule has 0 aliphatic rings. The van der Waals surface area contributed by atoms with E-state index < -0.39 is 17.6 Å². The van der Waals surface area contributed by atoms with Crippen LogP contribution >= 0.6 is 0 Å². The molecule has 0 atom stereocenters. The Labute approximate surface area is 107 Å². The van der Waals surface area contributed by atoms with E-state index >= 15 is 0 Å². The number of hydrogen-bond donors (Lipinski definition) is 1. The number of nitrogens with zero attached hydrogens (tertiary/aromatic N) is 2. The first-order chi connectivity index (χ1) is 8.29. The van der Waals surface area contributed by atoms with Gasteiger partial charge in [-0.25, -0.2) is 0 Å². The lowest BCUT2D eigenvalue weighted by Crippen LogP contribution is -2.29. The Morgan fingerprint density at radius 2 is 1.89 bits per heavy atom. The monoisotopic (exact) mass is 256 g/mol. The van der Waals surface area contributed by atoms with E-state index in [4.69, 9.17) is 4.74 Å². The molecule has 0 aliphatic heterocycles. The minimum Gasteiger partial charge on any atom is -0.503 e. The van der Waals surface area contributed by atoms with Gasteiger partial charge in [-0.3, -0.25) is 9.59 Å². The second-order valence-corrected chi connectivity index (χ2v) is 3.90. The maximum atomic E-state index is 11.6. The summed E-state index contributed by atoms with van der Waals surface area (Å²) in [7, 11) is 4.49. The molecule has 0 fully saturated rings. The summed E-state index contributed by atoms with van der Waals surface area (Å²) in [6, 6.07) is 0. The van der Waals surface area contributed by atoms with Gasteiger partial charge in [-0.15, -0.1) is 0 Å². The number of aliphatic hydroxyl groups excluding tert-OH is 1. The molecule has 102 valence electrons. The topological polar surface area (TPSA) is 70.1 Å². The van der Waals surface area contributed by atoms with Crippen LogP contribution in [-0.4, -0.2) is 61.0 Å². The lowest BCUT2D eigenvalue weighted by Gasteiger charge is -2.17. The summed E-state index contributed by atoms with van der Waals surface area (Å²) in [4.78, 5) is 25.4. The lowest BCUT2D eigenvalue weighted by atomic mass is 10.3. The molecule has 0 aromatic carbocycles. The van der Waals surface area contributed by atoms with E-state index in [0.717, 1.165) is 6.08 Å². The van der Waals surface area contributed by atoms with Crippen LogP contribution in [0.15, 0.2) is 24.2 Å². The lowest BCUT2D eigenvalue weighted by molar-refractivity contribution is -0.129. The van der Waals surface area contributed by atoms with Crippen molar-refractivity contribution < 1.29 is 19.4 Å². The number of rotatable bonds is 6. The standard InChI is InChI=1S/C12H20N2O4/c1-6-18-9(2)8-14(5)11(16)7-10(15)12(17)13(3)4/h7,15H,2,6,8H2,1,3-5H3. The summed E-state index contributed by atoms with van der Waals surface area (Å²) in [6.45, 7) is 6.12. The van der Waals surface area contributed by atoms with Gasteiger partial charge in [0.05, 0.1) is 19.2 Å². The van der Waals surface area contributed by atoms with Crippen molar-refractivity contribution in [2.75, 3.05) is 34.3 Å². The maximum Gasteiger partial charge on any atom is 0.288 e. The Morgan fingerprint density at radius 1 is 1.33 bits per heavy atom. The predicted octanol–water partition coefficient (Wildman–Crippen LogP) is 0.525. The van der Waals surface area contributed by atoms with Crippen molar-refractivity contribution in [2.24, 2.45) is 0 Å². The van der Waals surface area contributed by atoms with Gasteiger partial charge >= 0.3 is 0 Å². The summed E-state index contributed by atoms with van der Waals surface area (Å²) >= 11 is 0. The van der Waals surface area contributed by atoms with Gasteiger partial charge in [0.25, 0.3) is 11.8 Å². The van der Waals surface area contributed by atoms with Crippen LogP contribution in [0.2, 0.25) is 0 Å². The molecular weight excluding hydrogens is 236 g/mol. The number of hydrogen-bond acceptors (Lipinski definition) is 4. The summed E-state index contributed by atoms with van der Waals surface area (Å²) in [5.41, 5.74) is 0. The fourth-order valence-corrected chi connectivity index (χ4v) is 1.11. The van der Waals surface area contributed by atoms with Crippen molar-refractivity contribution in [3.8, 4) is 0 Å². The number of carbonyl (C=O) groups excluding carboxylic acids is 2. The largest absolute Gasteiger partial charge is 0.503 e. The van der Waals surface area contributed by atoms with Gasteiger partial charge in [0.1, 0.15) is 5.76 Å². The Morgan fingerprint density at radius 3 is 2.33 bits per heavy atom. The zero-order chi connectivity index (χ0) is 14.3. The molecule has 0 bridgehead atoms. The molecule has 6 heteroatoms. The highest BCUT2D eigenvalue weighted by Crippen LogP contribution is 2.00. The van der Waals surface area contributed by atoms with Gasteiger partial charge in [-0.2, -0.15) is 0 Å². The van der Waals surface area contributed by atoms with Gasteiger partial charge < -0.3 is 19.6 Å². The zero-order valence-electron chi connectivity index (χ0n) is 11.3. The zero-order valence-corrected chi connectivity index (χ0v) is 11.3. The van der Waals surface area contributed by atoms with Gasteiger partial charge in [0.2, 0.25) is 0 Å². The smallest absolute Gasteiger partial charge is 0.288 e. The molecule has 0 aromatic rings. The van der Waals surface area contributed by atoms with E-state index in [0.29, 0.717) is 12.4 Å². The van der Waals surface area contributed by atoms with Crippen LogP contribution in [0.1, 0.15) is 6.92 Å². The third kappa shape index (κ3) is 5.38. The molecule has 0 spiro atoms. The average Bonchev–Trinajstić information content (AvgIpc) is 2.27. The van der Waals surface area contributed by atoms with Crippen LogP contribution in [0.4, 0.5) is 0 Å². The van der Waals surface area contributed by atoms with Crippen molar-refractivity contribution in [3.05, 3.63) is 24.2 Å². The van der Waals surface area contributed by atoms with Gasteiger partial charge in [0, 0.05) is 21.1 Å². The quantitative estimate of drug-likeness (QED) is 0.556. The molecule has 0 aliphatic carbocycles. The second-order valence-electron chi connectivity index (χ2n) is 3.90. The first kappa shape index (κ1) is 16.0. The van der Waals surface area contributed by atoms with Crippen LogP contribution in [0, 0.1) is 0 Å². The molecule has 18 heavy (non-hydrogen) atoms. The SMILES string of the molecule is C=C(CN(C)C(=O)C=C(O)C(=O)N(C)C)OCC. The Kier molecular flexibility index (Phi) is 6.56. The molecular formula is C12H20N2O4. The number of likely N-dealkylation sites (N-methyl/N-ethyl adjacent to an activating group) is 2. The highest BCUT2D eigenvalue weighted by molar-refractivity contribution is 5.98. The minimum atomic E-state index is -0.625. The molecule has 0 rings (SSSR count). The molecule has 0 radical (unpaired) electrons. The molecule has 0 aromatic heterocycles. The highest BCUT2D eigenvalue weighted by atomic mass is 16.5. The third-order valence-electron chi connectivity index (χ3n) is 2.02. The molecule has 0 heterocycles. The molecule has 0 unspecified atom stereocenters. The van der Waals surface area contributed by atoms with E-state index in [9.17, 15) is 14.7 Å². The molecule has 0 saturated carbocycles. The van der Waals surface area contributed by atoms with E-state index in [-0.39, 0.29) is 6.54 Å². The molecule has 2 amide bonds. The fourth-order valence-electron chi connectivity index (χ4n) is 1.11. The van der Waals surface area contributed by atoms with Gasteiger partial charge in [0.15, 0.2) is 5.76 Å². The highest BCUT2D eigenvalue weighted by Gasteiger charge is 2.14. The number of aliphatic hydroxyl groups is 1. The van der Waals surface area contributed by atoms with Crippen LogP contribution in [0.5, 0.6) is 0 Å². The van der Waals surface area contributed by atoms with Crippen molar-refractivity contribution in [1.82, 2.24) is 9.80 Å². The van der Waals surface area contributed by atoms with Crippen LogP contribution < -0.4 is 0 Å². The first-order valence-electron chi connectivity index (χ1n) is 5.47. The predicted molar refractivity (Wildman–Crippen MR) is 67.8 cm³/mol. The minimum absolute atomic E-state index is 0.201. The Bertz CT molecular complexity index is 361. The van der Waals surface area contributed by atoms with Crippen molar-refractivity contribution in [2.45, 2.75) is 6.92 Å². The normalized spacial score (nSPS) is 10.8. The van der Waals surface area contributed by atoms with Crippen LogP contribution in [0.25, 0.3) is 0 Å². The number of ether oxygens (including phenoxy) is 1. The molecule has 0 saturated heterocycles. The van der Waals surface area contributed by atoms with Crippen LogP contribution in [-0.2, 0) is 14.3 Å². The number of carbonyl (C=O) groups is 2. The molecule has 1 N–H and O–H groups in total. The van der Waals surface area contributed by atoms with Crippen molar-refractivity contribution in [3.63, 3.8) is 0 Å². The second kappa shape index (κ2) is 7.37. The van der Waals surface area contributed by atoms with E-state index in [2.05, 4.69) is 6.58 Å². The summed E-state index contributed by atoms with van der Waals surface area (Å²) in [5, 5.41) is 9.41. The third-order valence-corrected chi connectivity index (χ3v) is 2.02. The van der Waals surface area contributed by atoms with Crippen molar-refractivity contribution in [1.29, 1.82) is 0 Å². The summed E-state index contributed by atoms with van der Waals surface area (Å²) < 4.78 is 5.11.